The molecule has 0 amide bonds. The van der Waals surface area contributed by atoms with E-state index in [1.807, 2.05) is 6.07 Å². The smallest absolute Gasteiger partial charge is 0.133 e. The number of rotatable bonds is 4. The second kappa shape index (κ2) is 7.82. The first-order valence-corrected chi connectivity index (χ1v) is 10.7. The van der Waals surface area contributed by atoms with Crippen LogP contribution in [0.1, 0.15) is 42.6 Å². The highest BCUT2D eigenvalue weighted by atomic mass is 35.5. The number of aromatic nitrogens is 3. The number of imidazole rings is 1. The fourth-order valence-electron chi connectivity index (χ4n) is 4.72. The second-order valence-electron chi connectivity index (χ2n) is 7.98. The molecule has 4 heterocycles. The molecule has 1 aromatic carbocycles. The van der Waals surface area contributed by atoms with E-state index in [0.717, 1.165) is 56.6 Å². The van der Waals surface area contributed by atoms with Gasteiger partial charge in [-0.25, -0.2) is 9.97 Å². The van der Waals surface area contributed by atoms with E-state index in [0.29, 0.717) is 17.1 Å². The van der Waals surface area contributed by atoms with Gasteiger partial charge in [0, 0.05) is 49.9 Å². The maximum absolute atomic E-state index is 6.26. The number of piperidine rings is 1. The van der Waals surface area contributed by atoms with E-state index in [9.17, 15) is 0 Å². The summed E-state index contributed by atoms with van der Waals surface area (Å²) in [5, 5.41) is 4.13. The monoisotopic (exact) mass is 395 g/mol. The molecule has 1 N–H and O–H groups in total. The minimum absolute atomic E-state index is 0.517. The van der Waals surface area contributed by atoms with Gasteiger partial charge in [-0.3, -0.25) is 4.90 Å². The summed E-state index contributed by atoms with van der Waals surface area (Å²) in [7, 11) is 0. The van der Waals surface area contributed by atoms with Gasteiger partial charge in [0.15, 0.2) is 0 Å². The number of likely N-dealkylation sites (tertiary alicyclic amines) is 1. The number of nitrogens with zero attached hydrogens (tertiary/aromatic N) is 4. The van der Waals surface area contributed by atoms with E-state index in [-0.39, 0.29) is 0 Å². The van der Waals surface area contributed by atoms with Crippen LogP contribution >= 0.6 is 11.6 Å². The Bertz CT molecular complexity index is 954. The van der Waals surface area contributed by atoms with Gasteiger partial charge in [-0.1, -0.05) is 29.8 Å². The Balaban J connectivity index is 1.37. The molecule has 0 aliphatic carbocycles. The Labute approximate surface area is 170 Å². The molecule has 0 spiro atoms. The molecule has 2 fully saturated rings. The average molecular weight is 396 g/mol. The molecule has 2 aliphatic rings. The summed E-state index contributed by atoms with van der Waals surface area (Å²) in [4.78, 5) is 11.8. The van der Waals surface area contributed by atoms with E-state index in [1.54, 1.807) is 6.20 Å². The fourth-order valence-corrected chi connectivity index (χ4v) is 4.90. The first kappa shape index (κ1) is 18.1. The number of pyridine rings is 1. The molecule has 0 saturated carbocycles. The van der Waals surface area contributed by atoms with Crippen LogP contribution in [0.25, 0.3) is 11.0 Å². The highest BCUT2D eigenvalue weighted by Crippen LogP contribution is 2.34. The Morgan fingerprint density at radius 1 is 1.07 bits per heavy atom. The highest BCUT2D eigenvalue weighted by Gasteiger charge is 2.29. The normalized spacial score (nSPS) is 21.5. The molecule has 3 aromatic rings. The van der Waals surface area contributed by atoms with Crippen molar-refractivity contribution in [3.8, 4) is 0 Å². The highest BCUT2D eigenvalue weighted by molar-refractivity contribution is 6.30. The first-order valence-electron chi connectivity index (χ1n) is 10.3. The Hall–Kier alpha value is -1.95. The van der Waals surface area contributed by atoms with Crippen LogP contribution in [0.3, 0.4) is 0 Å². The molecule has 2 aliphatic heterocycles. The molecule has 28 heavy (non-hydrogen) atoms. The van der Waals surface area contributed by atoms with Crippen molar-refractivity contribution in [1.29, 1.82) is 0 Å². The lowest BCUT2D eigenvalue weighted by atomic mass is 10.0. The lowest BCUT2D eigenvalue weighted by Crippen LogP contribution is -2.35. The minimum atomic E-state index is 0.517. The van der Waals surface area contributed by atoms with Crippen molar-refractivity contribution < 1.29 is 0 Å². The van der Waals surface area contributed by atoms with Gasteiger partial charge in [0.1, 0.15) is 11.0 Å². The first-order chi connectivity index (χ1) is 13.8. The van der Waals surface area contributed by atoms with Gasteiger partial charge in [-0.15, -0.1) is 0 Å². The maximum atomic E-state index is 6.26. The van der Waals surface area contributed by atoms with Gasteiger partial charge in [0.25, 0.3) is 0 Å². The number of halogens is 1. The number of nitrogens with one attached hydrogen (secondary N) is 1. The maximum Gasteiger partial charge on any atom is 0.133 e. The van der Waals surface area contributed by atoms with E-state index in [4.69, 9.17) is 16.6 Å². The van der Waals surface area contributed by atoms with Gasteiger partial charge in [-0.2, -0.15) is 0 Å². The SMILES string of the molecule is Clc1ncccc1CN1CCC(n2c(C3CCNC3)nc3ccccc32)CC1. The minimum Gasteiger partial charge on any atom is -0.324 e. The summed E-state index contributed by atoms with van der Waals surface area (Å²) in [6, 6.07) is 13.2. The summed E-state index contributed by atoms with van der Waals surface area (Å²) in [5.74, 6) is 1.81. The van der Waals surface area contributed by atoms with Crippen molar-refractivity contribution in [2.45, 2.75) is 37.8 Å². The van der Waals surface area contributed by atoms with Crippen LogP contribution in [-0.2, 0) is 6.54 Å². The summed E-state index contributed by atoms with van der Waals surface area (Å²) in [5.41, 5.74) is 3.54. The van der Waals surface area contributed by atoms with Crippen molar-refractivity contribution >= 4 is 22.6 Å². The van der Waals surface area contributed by atoms with Gasteiger partial charge in [0.05, 0.1) is 11.0 Å². The summed E-state index contributed by atoms with van der Waals surface area (Å²) in [6.07, 6.45) is 5.22. The lowest BCUT2D eigenvalue weighted by molar-refractivity contribution is 0.179. The molecule has 5 rings (SSSR count). The average Bonchev–Trinajstić information content (AvgIpc) is 3.38. The second-order valence-corrected chi connectivity index (χ2v) is 8.34. The van der Waals surface area contributed by atoms with E-state index in [1.165, 1.54) is 17.8 Å². The number of para-hydroxylation sites is 2. The van der Waals surface area contributed by atoms with E-state index in [2.05, 4.69) is 50.1 Å². The van der Waals surface area contributed by atoms with E-state index >= 15 is 0 Å². The van der Waals surface area contributed by atoms with Crippen LogP contribution in [0.2, 0.25) is 5.15 Å². The molecular formula is C22H26ClN5. The van der Waals surface area contributed by atoms with Crippen molar-refractivity contribution in [3.05, 3.63) is 59.1 Å². The van der Waals surface area contributed by atoms with Gasteiger partial charge < -0.3 is 9.88 Å². The molecular weight excluding hydrogens is 370 g/mol. The number of hydrogen-bond acceptors (Lipinski definition) is 4. The Morgan fingerprint density at radius 3 is 2.71 bits per heavy atom. The van der Waals surface area contributed by atoms with Gasteiger partial charge >= 0.3 is 0 Å². The van der Waals surface area contributed by atoms with Crippen LogP contribution in [0.5, 0.6) is 0 Å². The topological polar surface area (TPSA) is 46.0 Å². The number of fused-ring (bicyclic) bond motifs is 1. The van der Waals surface area contributed by atoms with Gasteiger partial charge in [0.2, 0.25) is 0 Å². The number of benzene rings is 1. The predicted molar refractivity (Wildman–Crippen MR) is 113 cm³/mol. The standard InChI is InChI=1S/C22H26ClN5/c23-21-17(4-3-10-25-21)15-27-12-8-18(9-13-27)28-20-6-2-1-5-19(20)26-22(28)16-7-11-24-14-16/h1-6,10,16,18,24H,7-9,11-15H2. The lowest BCUT2D eigenvalue weighted by Gasteiger charge is -2.34. The predicted octanol–water partition coefficient (Wildman–Crippen LogP) is 4.00. The molecule has 2 saturated heterocycles. The molecule has 5 nitrogen and oxygen atoms in total. The zero-order chi connectivity index (χ0) is 18.9. The Kier molecular flexibility index (Phi) is 5.05. The Morgan fingerprint density at radius 2 is 1.93 bits per heavy atom. The molecule has 6 heteroatoms. The third-order valence-corrected chi connectivity index (χ3v) is 6.54. The summed E-state index contributed by atoms with van der Waals surface area (Å²) < 4.78 is 2.56. The third-order valence-electron chi connectivity index (χ3n) is 6.20. The zero-order valence-corrected chi connectivity index (χ0v) is 16.8. The van der Waals surface area contributed by atoms with E-state index < -0.39 is 0 Å². The van der Waals surface area contributed by atoms with Crippen LogP contribution in [0.4, 0.5) is 0 Å². The summed E-state index contributed by atoms with van der Waals surface area (Å²) >= 11 is 6.26. The van der Waals surface area contributed by atoms with Crippen molar-refractivity contribution in [1.82, 2.24) is 24.8 Å². The largest absolute Gasteiger partial charge is 0.324 e. The van der Waals surface area contributed by atoms with Crippen molar-refractivity contribution in [3.63, 3.8) is 0 Å². The molecule has 1 atom stereocenters. The summed E-state index contributed by atoms with van der Waals surface area (Å²) in [6.45, 7) is 5.17. The molecule has 146 valence electrons. The zero-order valence-electron chi connectivity index (χ0n) is 16.0. The molecule has 0 bridgehead atoms. The van der Waals surface area contributed by atoms with Gasteiger partial charge in [-0.05, 0) is 44.0 Å². The molecule has 2 aromatic heterocycles. The number of hydrogen-bond donors (Lipinski definition) is 1. The quantitative estimate of drug-likeness (QED) is 0.678. The van der Waals surface area contributed by atoms with Crippen molar-refractivity contribution in [2.24, 2.45) is 0 Å². The molecule has 0 radical (unpaired) electrons. The van der Waals surface area contributed by atoms with Crippen LogP contribution < -0.4 is 5.32 Å². The van der Waals surface area contributed by atoms with Crippen molar-refractivity contribution in [2.75, 3.05) is 26.2 Å². The third kappa shape index (κ3) is 3.43. The van der Waals surface area contributed by atoms with Crippen LogP contribution in [-0.4, -0.2) is 45.6 Å². The van der Waals surface area contributed by atoms with Crippen LogP contribution in [0.15, 0.2) is 42.6 Å². The molecule has 1 unspecified atom stereocenters. The van der Waals surface area contributed by atoms with Crippen LogP contribution in [0, 0.1) is 0 Å². The fraction of sp³-hybridized carbons (Fsp3) is 0.455.